The number of hydrogen-bond acceptors (Lipinski definition) is 7. The minimum Gasteiger partial charge on any atom is -0.483 e. The molecule has 1 amide bonds. The topological polar surface area (TPSA) is 103 Å². The number of carboxylic acid groups (broad SMARTS) is 1. The van der Waals surface area contributed by atoms with Crippen molar-refractivity contribution in [2.24, 2.45) is 0 Å². The second-order valence-corrected chi connectivity index (χ2v) is 7.28. The molecule has 2 saturated heterocycles. The molecule has 0 aliphatic carbocycles. The molecule has 0 radical (unpaired) electrons. The van der Waals surface area contributed by atoms with Gasteiger partial charge in [-0.05, 0) is 33.2 Å². The van der Waals surface area contributed by atoms with E-state index in [0.717, 1.165) is 64.4 Å². The molecule has 1 aromatic rings. The van der Waals surface area contributed by atoms with Crippen LogP contribution in [0.4, 0.5) is 0 Å². The van der Waals surface area contributed by atoms with Crippen molar-refractivity contribution >= 4 is 12.4 Å². The van der Waals surface area contributed by atoms with E-state index < -0.39 is 0 Å². The van der Waals surface area contributed by atoms with E-state index >= 15 is 0 Å². The Balaban J connectivity index is 0.000000817. The van der Waals surface area contributed by atoms with E-state index in [-0.39, 0.29) is 6.47 Å². The standard InChI is InChI=1S/C17H29N5O2.CH2O2/c1-14(21-11-9-20(2)10-12-21)3-4-16(23)22-7-5-15(6-8-22)17-18-13-24-19-17;2-1-3/h13-15H,3-12H2,1-2H3;1H,(H,2,3). The van der Waals surface area contributed by atoms with Crippen molar-refractivity contribution in [3.63, 3.8) is 0 Å². The summed E-state index contributed by atoms with van der Waals surface area (Å²) in [5.74, 6) is 1.41. The highest BCUT2D eigenvalue weighted by Gasteiger charge is 2.27. The van der Waals surface area contributed by atoms with Crippen molar-refractivity contribution in [3.8, 4) is 0 Å². The Morgan fingerprint density at radius 3 is 2.48 bits per heavy atom. The third-order valence-corrected chi connectivity index (χ3v) is 5.53. The lowest BCUT2D eigenvalue weighted by atomic mass is 9.96. The first-order chi connectivity index (χ1) is 13.0. The van der Waals surface area contributed by atoms with Crippen LogP contribution in [0.2, 0.25) is 0 Å². The fourth-order valence-corrected chi connectivity index (χ4v) is 3.68. The van der Waals surface area contributed by atoms with E-state index in [1.165, 1.54) is 6.39 Å². The van der Waals surface area contributed by atoms with Gasteiger partial charge in [-0.1, -0.05) is 5.16 Å². The molecule has 9 nitrogen and oxygen atoms in total. The predicted octanol–water partition coefficient (Wildman–Crippen LogP) is 0.893. The molecule has 0 saturated carbocycles. The Labute approximate surface area is 160 Å². The summed E-state index contributed by atoms with van der Waals surface area (Å²) in [7, 11) is 2.17. The van der Waals surface area contributed by atoms with Crippen molar-refractivity contribution in [1.82, 2.24) is 24.8 Å². The van der Waals surface area contributed by atoms with Crippen LogP contribution in [0.3, 0.4) is 0 Å². The maximum absolute atomic E-state index is 12.5. The second kappa shape index (κ2) is 11.0. The summed E-state index contributed by atoms with van der Waals surface area (Å²) in [6.45, 7) is 8.09. The maximum Gasteiger partial charge on any atom is 0.290 e. The first kappa shape index (κ1) is 21.3. The molecule has 9 heteroatoms. The fourth-order valence-electron chi connectivity index (χ4n) is 3.68. The van der Waals surface area contributed by atoms with Crippen LogP contribution in [0, 0.1) is 0 Å². The van der Waals surface area contributed by atoms with Crippen LogP contribution >= 0.6 is 0 Å². The largest absolute Gasteiger partial charge is 0.483 e. The van der Waals surface area contributed by atoms with Crippen LogP contribution in [0.1, 0.15) is 44.3 Å². The molecule has 2 aliphatic heterocycles. The molecular weight excluding hydrogens is 350 g/mol. The number of amides is 1. The number of carbonyl (C=O) groups is 2. The zero-order chi connectivity index (χ0) is 19.6. The lowest BCUT2D eigenvalue weighted by Crippen LogP contribution is -2.48. The van der Waals surface area contributed by atoms with E-state index in [2.05, 4.69) is 33.9 Å². The highest BCUT2D eigenvalue weighted by Crippen LogP contribution is 2.25. The molecule has 2 aliphatic rings. The monoisotopic (exact) mass is 381 g/mol. The van der Waals surface area contributed by atoms with Gasteiger partial charge in [0.05, 0.1) is 0 Å². The molecule has 1 aromatic heterocycles. The van der Waals surface area contributed by atoms with Gasteiger partial charge in [0.2, 0.25) is 12.3 Å². The van der Waals surface area contributed by atoms with Gasteiger partial charge < -0.3 is 19.4 Å². The van der Waals surface area contributed by atoms with Gasteiger partial charge in [0.1, 0.15) is 0 Å². The smallest absolute Gasteiger partial charge is 0.290 e. The SMILES string of the molecule is CC(CCC(=O)N1CCC(c2ncon2)CC1)N1CCN(C)CC1.O=CO. The molecule has 1 N–H and O–H groups in total. The van der Waals surface area contributed by atoms with E-state index in [1.54, 1.807) is 0 Å². The third kappa shape index (κ3) is 6.59. The molecule has 0 bridgehead atoms. The number of nitrogens with zero attached hydrogens (tertiary/aromatic N) is 5. The number of piperidine rings is 1. The lowest BCUT2D eigenvalue weighted by Gasteiger charge is -2.37. The molecule has 1 atom stereocenters. The van der Waals surface area contributed by atoms with Crippen molar-refractivity contribution < 1.29 is 19.2 Å². The molecule has 0 aromatic carbocycles. The maximum atomic E-state index is 12.5. The van der Waals surface area contributed by atoms with Gasteiger partial charge in [0.15, 0.2) is 5.82 Å². The third-order valence-electron chi connectivity index (χ3n) is 5.53. The van der Waals surface area contributed by atoms with E-state index in [1.807, 2.05) is 4.90 Å². The van der Waals surface area contributed by atoms with Crippen LogP contribution in [0.25, 0.3) is 0 Å². The van der Waals surface area contributed by atoms with E-state index in [9.17, 15) is 4.79 Å². The second-order valence-electron chi connectivity index (χ2n) is 7.28. The minimum absolute atomic E-state index is 0.250. The lowest BCUT2D eigenvalue weighted by molar-refractivity contribution is -0.132. The Kier molecular flexibility index (Phi) is 8.66. The highest BCUT2D eigenvalue weighted by molar-refractivity contribution is 5.76. The summed E-state index contributed by atoms with van der Waals surface area (Å²) in [5.41, 5.74) is 0. The number of carbonyl (C=O) groups excluding carboxylic acids is 1. The summed E-state index contributed by atoms with van der Waals surface area (Å²) < 4.78 is 4.82. The summed E-state index contributed by atoms with van der Waals surface area (Å²) in [4.78, 5) is 31.9. The molecule has 2 fully saturated rings. The minimum atomic E-state index is -0.250. The number of likely N-dealkylation sites (N-methyl/N-ethyl adjacent to an activating group) is 1. The van der Waals surface area contributed by atoms with Crippen molar-refractivity contribution in [2.45, 2.75) is 44.6 Å². The Bertz CT molecular complexity index is 552. The summed E-state index contributed by atoms with van der Waals surface area (Å²) in [5, 5.41) is 10.8. The van der Waals surface area contributed by atoms with Gasteiger partial charge in [0, 0.05) is 57.6 Å². The van der Waals surface area contributed by atoms with Gasteiger partial charge in [-0.2, -0.15) is 4.98 Å². The van der Waals surface area contributed by atoms with Crippen molar-refractivity contribution in [1.29, 1.82) is 0 Å². The zero-order valence-corrected chi connectivity index (χ0v) is 16.3. The highest BCUT2D eigenvalue weighted by atomic mass is 16.5. The molecule has 0 spiro atoms. The molecule has 27 heavy (non-hydrogen) atoms. The first-order valence-electron chi connectivity index (χ1n) is 9.59. The molecular formula is C18H31N5O4. The van der Waals surface area contributed by atoms with E-state index in [0.29, 0.717) is 24.3 Å². The van der Waals surface area contributed by atoms with Crippen LogP contribution in [-0.4, -0.2) is 94.7 Å². The number of rotatable bonds is 5. The van der Waals surface area contributed by atoms with Crippen LogP contribution in [0.15, 0.2) is 10.9 Å². The van der Waals surface area contributed by atoms with Crippen LogP contribution < -0.4 is 0 Å². The molecule has 152 valence electrons. The number of likely N-dealkylation sites (tertiary alicyclic amines) is 1. The Hall–Kier alpha value is -2.00. The van der Waals surface area contributed by atoms with E-state index in [4.69, 9.17) is 14.4 Å². The molecule has 1 unspecified atom stereocenters. The predicted molar refractivity (Wildman–Crippen MR) is 99.3 cm³/mol. The summed E-state index contributed by atoms with van der Waals surface area (Å²) >= 11 is 0. The van der Waals surface area contributed by atoms with Crippen molar-refractivity contribution in [3.05, 3.63) is 12.2 Å². The Morgan fingerprint density at radius 1 is 1.30 bits per heavy atom. The number of piperazine rings is 1. The van der Waals surface area contributed by atoms with Gasteiger partial charge >= 0.3 is 0 Å². The quantitative estimate of drug-likeness (QED) is 0.750. The van der Waals surface area contributed by atoms with Crippen molar-refractivity contribution in [2.75, 3.05) is 46.3 Å². The zero-order valence-electron chi connectivity index (χ0n) is 16.3. The fraction of sp³-hybridized carbons (Fsp3) is 0.778. The van der Waals surface area contributed by atoms with Gasteiger partial charge in [-0.15, -0.1) is 0 Å². The number of hydrogen-bond donors (Lipinski definition) is 1. The average molecular weight is 381 g/mol. The summed E-state index contributed by atoms with van der Waals surface area (Å²) in [6, 6.07) is 0.486. The Morgan fingerprint density at radius 2 is 1.93 bits per heavy atom. The van der Waals surface area contributed by atoms with Crippen LogP contribution in [0.5, 0.6) is 0 Å². The summed E-state index contributed by atoms with van der Waals surface area (Å²) in [6.07, 6.45) is 4.85. The molecule has 3 rings (SSSR count). The normalized spacial score (nSPS) is 20.6. The number of aromatic nitrogens is 2. The van der Waals surface area contributed by atoms with Gasteiger partial charge in [-0.25, -0.2) is 0 Å². The van der Waals surface area contributed by atoms with Crippen LogP contribution in [-0.2, 0) is 9.59 Å². The average Bonchev–Trinajstić information content (AvgIpc) is 3.22. The van der Waals surface area contributed by atoms with Gasteiger partial charge in [-0.3, -0.25) is 14.5 Å². The molecule has 3 heterocycles. The first-order valence-corrected chi connectivity index (χ1v) is 9.59. The van der Waals surface area contributed by atoms with Gasteiger partial charge in [0.25, 0.3) is 6.47 Å².